The third kappa shape index (κ3) is 6.31. The Hall–Kier alpha value is -1.34. The number of benzene rings is 1. The Bertz CT molecular complexity index is 412. The lowest BCUT2D eigenvalue weighted by Crippen LogP contribution is -2.42. The first-order valence-corrected chi connectivity index (χ1v) is 6.61. The predicted octanol–water partition coefficient (Wildman–Crippen LogP) is 2.48. The van der Waals surface area contributed by atoms with Crippen molar-refractivity contribution in [1.82, 2.24) is 5.32 Å². The van der Waals surface area contributed by atoms with Gasteiger partial charge in [-0.05, 0) is 24.1 Å². The lowest BCUT2D eigenvalue weighted by atomic mass is 10.2. The number of rotatable bonds is 9. The van der Waals surface area contributed by atoms with Gasteiger partial charge in [-0.1, -0.05) is 19.1 Å². The molecule has 120 valence electrons. The monoisotopic (exact) mass is 309 g/mol. The minimum atomic E-state index is -4.10. The number of hydrogen-bond acceptors (Lipinski definition) is 3. The second-order valence-electron chi connectivity index (χ2n) is 4.65. The lowest BCUT2D eigenvalue weighted by Gasteiger charge is -2.18. The number of aliphatic hydroxyl groups excluding tert-OH is 1. The fraction of sp³-hybridized carbons (Fsp3) is 0.571. The molecule has 0 saturated heterocycles. The molecule has 1 aromatic carbocycles. The summed E-state index contributed by atoms with van der Waals surface area (Å²) in [6, 6.07) is 7.24. The van der Waals surface area contributed by atoms with Crippen LogP contribution in [-0.4, -0.2) is 43.3 Å². The summed E-state index contributed by atoms with van der Waals surface area (Å²) >= 11 is 0. The van der Waals surface area contributed by atoms with Gasteiger partial charge in [-0.3, -0.25) is 0 Å². The van der Waals surface area contributed by atoms with Crippen molar-refractivity contribution in [2.45, 2.75) is 31.8 Å². The summed E-state index contributed by atoms with van der Waals surface area (Å²) in [7, 11) is 0. The smallest absolute Gasteiger partial charge is 0.319 e. The van der Waals surface area contributed by atoms with Crippen molar-refractivity contribution in [1.29, 1.82) is 0 Å². The Morgan fingerprint density at radius 3 is 2.38 bits per heavy atom. The van der Waals surface area contributed by atoms with Crippen LogP contribution in [0.5, 0.6) is 5.75 Å². The first-order chi connectivity index (χ1) is 9.85. The minimum absolute atomic E-state index is 0.112. The van der Waals surface area contributed by atoms with Gasteiger partial charge < -0.3 is 15.2 Å². The quantitative estimate of drug-likeness (QED) is 0.689. The van der Waals surface area contributed by atoms with Crippen LogP contribution in [0, 0.1) is 0 Å². The molecule has 0 spiro atoms. The maximum absolute atomic E-state index is 12.6. The zero-order chi connectivity index (χ0) is 15.9. The zero-order valence-electron chi connectivity index (χ0n) is 11.7. The molecule has 1 unspecified atom stereocenters. The molecule has 0 aromatic heterocycles. The van der Waals surface area contributed by atoms with Gasteiger partial charge in [0.15, 0.2) is 0 Å². The van der Waals surface area contributed by atoms with Crippen molar-refractivity contribution in [3.8, 4) is 5.75 Å². The molecule has 7 heteroatoms. The molecule has 0 fully saturated rings. The van der Waals surface area contributed by atoms with Crippen LogP contribution in [0.15, 0.2) is 24.3 Å². The van der Waals surface area contributed by atoms with Crippen molar-refractivity contribution in [3.05, 3.63) is 29.8 Å². The van der Waals surface area contributed by atoms with E-state index in [1.807, 2.05) is 19.1 Å². The van der Waals surface area contributed by atoms with E-state index in [0.717, 1.165) is 12.0 Å². The summed E-state index contributed by atoms with van der Waals surface area (Å²) in [5.74, 6) is -3.56. The number of aryl methyl sites for hydroxylation is 1. The second-order valence-corrected chi connectivity index (χ2v) is 4.65. The Morgan fingerprint density at radius 1 is 1.24 bits per heavy atom. The standard InChI is InChI=1S/C14H19F4NO2/c1-2-10-3-5-12(6-4-10)21-8-11(20)7-19-9-14(17,18)13(15)16/h3-6,11,13,19-20H,2,7-9H2,1H3. The molecule has 0 saturated carbocycles. The molecular weight excluding hydrogens is 290 g/mol. The first kappa shape index (κ1) is 17.7. The van der Waals surface area contributed by atoms with Gasteiger partial charge in [-0.25, -0.2) is 8.78 Å². The fourth-order valence-electron chi connectivity index (χ4n) is 1.56. The number of hydrogen-bond donors (Lipinski definition) is 2. The van der Waals surface area contributed by atoms with Gasteiger partial charge in [-0.15, -0.1) is 0 Å². The normalized spacial score (nSPS) is 13.5. The molecule has 0 radical (unpaired) electrons. The summed E-state index contributed by atoms with van der Waals surface area (Å²) in [5.41, 5.74) is 1.14. The van der Waals surface area contributed by atoms with Gasteiger partial charge in [0.2, 0.25) is 0 Å². The molecule has 2 N–H and O–H groups in total. The molecule has 3 nitrogen and oxygen atoms in total. The molecule has 0 aliphatic heterocycles. The molecule has 0 bridgehead atoms. The molecule has 0 amide bonds. The van der Waals surface area contributed by atoms with Crippen LogP contribution in [0.1, 0.15) is 12.5 Å². The van der Waals surface area contributed by atoms with Gasteiger partial charge in [-0.2, -0.15) is 8.78 Å². The second kappa shape index (κ2) is 8.19. The Kier molecular flexibility index (Phi) is 6.91. The SMILES string of the molecule is CCc1ccc(OCC(O)CNCC(F)(F)C(F)F)cc1. The van der Waals surface area contributed by atoms with E-state index in [0.29, 0.717) is 5.75 Å². The highest BCUT2D eigenvalue weighted by Crippen LogP contribution is 2.21. The molecule has 1 atom stereocenters. The van der Waals surface area contributed by atoms with Crippen LogP contribution < -0.4 is 10.1 Å². The Labute approximate surface area is 120 Å². The molecule has 1 rings (SSSR count). The minimum Gasteiger partial charge on any atom is -0.491 e. The van der Waals surface area contributed by atoms with Crippen molar-refractivity contribution < 1.29 is 27.4 Å². The number of ether oxygens (including phenoxy) is 1. The Morgan fingerprint density at radius 2 is 1.86 bits per heavy atom. The first-order valence-electron chi connectivity index (χ1n) is 6.61. The third-order valence-corrected chi connectivity index (χ3v) is 2.83. The van der Waals surface area contributed by atoms with E-state index < -0.39 is 25.0 Å². The van der Waals surface area contributed by atoms with Crippen LogP contribution in [0.2, 0.25) is 0 Å². The summed E-state index contributed by atoms with van der Waals surface area (Å²) in [4.78, 5) is 0. The van der Waals surface area contributed by atoms with Crippen molar-refractivity contribution in [2.75, 3.05) is 19.7 Å². The van der Waals surface area contributed by atoms with Crippen LogP contribution >= 0.6 is 0 Å². The van der Waals surface area contributed by atoms with Crippen molar-refractivity contribution in [2.24, 2.45) is 0 Å². The maximum atomic E-state index is 12.6. The molecule has 21 heavy (non-hydrogen) atoms. The van der Waals surface area contributed by atoms with E-state index in [9.17, 15) is 22.7 Å². The van der Waals surface area contributed by atoms with Crippen LogP contribution in [0.25, 0.3) is 0 Å². The number of nitrogens with one attached hydrogen (secondary N) is 1. The van der Waals surface area contributed by atoms with Gasteiger partial charge in [0, 0.05) is 6.54 Å². The summed E-state index contributed by atoms with van der Waals surface area (Å²) in [5, 5.41) is 11.6. The van der Waals surface area contributed by atoms with E-state index in [4.69, 9.17) is 4.74 Å². The number of aliphatic hydroxyl groups is 1. The van der Waals surface area contributed by atoms with E-state index >= 15 is 0 Å². The van der Waals surface area contributed by atoms with Crippen molar-refractivity contribution in [3.63, 3.8) is 0 Å². The lowest BCUT2D eigenvalue weighted by molar-refractivity contribution is -0.125. The largest absolute Gasteiger partial charge is 0.491 e. The average Bonchev–Trinajstić information content (AvgIpc) is 2.45. The maximum Gasteiger partial charge on any atom is 0.319 e. The van der Waals surface area contributed by atoms with E-state index in [-0.39, 0.29) is 13.2 Å². The van der Waals surface area contributed by atoms with Gasteiger partial charge in [0.05, 0.1) is 6.54 Å². The molecule has 1 aromatic rings. The summed E-state index contributed by atoms with van der Waals surface area (Å²) < 4.78 is 54.2. The van der Waals surface area contributed by atoms with Crippen LogP contribution in [0.3, 0.4) is 0 Å². The highest BCUT2D eigenvalue weighted by atomic mass is 19.3. The molecular formula is C14H19F4NO2. The van der Waals surface area contributed by atoms with Crippen LogP contribution in [0.4, 0.5) is 17.6 Å². The number of halogens is 4. The fourth-order valence-corrected chi connectivity index (χ4v) is 1.56. The van der Waals surface area contributed by atoms with Crippen molar-refractivity contribution >= 4 is 0 Å². The zero-order valence-corrected chi connectivity index (χ0v) is 11.7. The Balaban J connectivity index is 2.26. The topological polar surface area (TPSA) is 41.5 Å². The van der Waals surface area contributed by atoms with E-state index in [1.165, 1.54) is 0 Å². The van der Waals surface area contributed by atoms with Crippen LogP contribution in [-0.2, 0) is 6.42 Å². The van der Waals surface area contributed by atoms with Gasteiger partial charge in [0.25, 0.3) is 0 Å². The highest BCUT2D eigenvalue weighted by Gasteiger charge is 2.40. The van der Waals surface area contributed by atoms with Gasteiger partial charge >= 0.3 is 12.3 Å². The molecule has 0 aliphatic carbocycles. The third-order valence-electron chi connectivity index (χ3n) is 2.83. The van der Waals surface area contributed by atoms with Gasteiger partial charge in [0.1, 0.15) is 18.5 Å². The number of alkyl halides is 4. The highest BCUT2D eigenvalue weighted by molar-refractivity contribution is 5.27. The molecule has 0 heterocycles. The average molecular weight is 309 g/mol. The summed E-state index contributed by atoms with van der Waals surface area (Å²) in [6.07, 6.45) is -3.90. The van der Waals surface area contributed by atoms with E-state index in [2.05, 4.69) is 5.32 Å². The molecule has 0 aliphatic rings. The predicted molar refractivity (Wildman–Crippen MR) is 71.1 cm³/mol. The van der Waals surface area contributed by atoms with E-state index in [1.54, 1.807) is 12.1 Å². The summed E-state index contributed by atoms with van der Waals surface area (Å²) in [6.45, 7) is 0.460.